The normalized spacial score (nSPS) is 11.2. The van der Waals surface area contributed by atoms with Crippen molar-refractivity contribution < 1.29 is 17.8 Å². The number of rotatable bonds is 4. The number of benzene rings is 1. The highest BCUT2D eigenvalue weighted by atomic mass is 32.2. The van der Waals surface area contributed by atoms with Gasteiger partial charge in [0, 0.05) is 13.5 Å². The fourth-order valence-corrected chi connectivity index (χ4v) is 2.03. The Balaban J connectivity index is 3.26. The van der Waals surface area contributed by atoms with Crippen molar-refractivity contribution >= 4 is 21.7 Å². The smallest absolute Gasteiger partial charge is 0.296 e. The molecule has 1 aromatic rings. The van der Waals surface area contributed by atoms with Crippen molar-refractivity contribution in [3.8, 4) is 0 Å². The summed E-state index contributed by atoms with van der Waals surface area (Å²) in [6.45, 7) is 1.79. The third-order valence-corrected chi connectivity index (χ3v) is 2.93. The summed E-state index contributed by atoms with van der Waals surface area (Å²) in [5.74, 6) is -0.406. The van der Waals surface area contributed by atoms with Crippen LogP contribution in [-0.4, -0.2) is 25.9 Å². The highest BCUT2D eigenvalue weighted by Gasteiger charge is 2.16. The Hall–Kier alpha value is -1.44. The molecule has 0 heterocycles. The Morgan fingerprint density at radius 3 is 2.53 bits per heavy atom. The van der Waals surface area contributed by atoms with Crippen molar-refractivity contribution in [1.82, 2.24) is 5.32 Å². The minimum absolute atomic E-state index is 0.0766. The van der Waals surface area contributed by atoms with E-state index in [2.05, 4.69) is 10.6 Å². The van der Waals surface area contributed by atoms with E-state index in [4.69, 9.17) is 4.55 Å². The molecule has 0 bridgehead atoms. The first-order valence-corrected chi connectivity index (χ1v) is 6.31. The largest absolute Gasteiger partial charge is 0.325 e. The van der Waals surface area contributed by atoms with E-state index >= 15 is 0 Å². The molecule has 7 heteroatoms. The van der Waals surface area contributed by atoms with Crippen molar-refractivity contribution in [2.75, 3.05) is 12.4 Å². The van der Waals surface area contributed by atoms with Crippen LogP contribution < -0.4 is 10.6 Å². The summed E-state index contributed by atoms with van der Waals surface area (Å²) in [7, 11) is -2.60. The quantitative estimate of drug-likeness (QED) is 0.688. The summed E-state index contributed by atoms with van der Waals surface area (Å²) < 4.78 is 31.2. The molecule has 3 N–H and O–H groups in total. The molecule has 0 spiro atoms. The molecule has 0 saturated carbocycles. The lowest BCUT2D eigenvalue weighted by molar-refractivity contribution is -0.114. The van der Waals surface area contributed by atoms with Crippen LogP contribution >= 0.6 is 0 Å². The fraction of sp³-hybridized carbons (Fsp3) is 0.300. The van der Waals surface area contributed by atoms with Crippen LogP contribution in [0.3, 0.4) is 0 Å². The first-order valence-electron chi connectivity index (χ1n) is 4.87. The standard InChI is InChI=1S/C10H14N2O4S/c1-7(13)12-9-5-8(6-11-2)3-4-10(9)17(14,15)16/h3-5,11H,6H2,1-2H3,(H,12,13)(H,14,15,16). The lowest BCUT2D eigenvalue weighted by Crippen LogP contribution is -2.12. The van der Waals surface area contributed by atoms with Crippen molar-refractivity contribution in [3.63, 3.8) is 0 Å². The molecule has 17 heavy (non-hydrogen) atoms. The highest BCUT2D eigenvalue weighted by Crippen LogP contribution is 2.22. The molecule has 0 aliphatic heterocycles. The Kier molecular flexibility index (Phi) is 4.22. The second-order valence-electron chi connectivity index (χ2n) is 3.52. The van der Waals surface area contributed by atoms with Crippen LogP contribution in [0.4, 0.5) is 5.69 Å². The minimum atomic E-state index is -4.35. The van der Waals surface area contributed by atoms with E-state index in [-0.39, 0.29) is 10.6 Å². The molecule has 1 amide bonds. The number of hydrogen-bond acceptors (Lipinski definition) is 4. The molecule has 0 aromatic heterocycles. The van der Waals surface area contributed by atoms with E-state index < -0.39 is 16.0 Å². The molecule has 1 rings (SSSR count). The number of amides is 1. The van der Waals surface area contributed by atoms with Gasteiger partial charge >= 0.3 is 0 Å². The van der Waals surface area contributed by atoms with Crippen LogP contribution in [-0.2, 0) is 21.5 Å². The van der Waals surface area contributed by atoms with Crippen LogP contribution in [0.2, 0.25) is 0 Å². The summed E-state index contributed by atoms with van der Waals surface area (Å²) >= 11 is 0. The van der Waals surface area contributed by atoms with E-state index in [0.29, 0.717) is 6.54 Å². The van der Waals surface area contributed by atoms with Gasteiger partial charge < -0.3 is 10.6 Å². The molecule has 0 unspecified atom stereocenters. The van der Waals surface area contributed by atoms with E-state index in [0.717, 1.165) is 5.56 Å². The first kappa shape index (κ1) is 13.6. The van der Waals surface area contributed by atoms with E-state index in [1.165, 1.54) is 19.1 Å². The van der Waals surface area contributed by atoms with Gasteiger partial charge in [-0.25, -0.2) is 0 Å². The average Bonchev–Trinajstić information content (AvgIpc) is 2.15. The Morgan fingerprint density at radius 2 is 2.06 bits per heavy atom. The highest BCUT2D eigenvalue weighted by molar-refractivity contribution is 7.86. The van der Waals surface area contributed by atoms with Crippen LogP contribution in [0.5, 0.6) is 0 Å². The zero-order valence-electron chi connectivity index (χ0n) is 9.52. The van der Waals surface area contributed by atoms with Crippen molar-refractivity contribution in [2.45, 2.75) is 18.4 Å². The number of anilines is 1. The fourth-order valence-electron chi connectivity index (χ4n) is 1.40. The van der Waals surface area contributed by atoms with Gasteiger partial charge in [0.25, 0.3) is 10.1 Å². The van der Waals surface area contributed by atoms with E-state index in [9.17, 15) is 13.2 Å². The minimum Gasteiger partial charge on any atom is -0.325 e. The zero-order valence-corrected chi connectivity index (χ0v) is 10.3. The van der Waals surface area contributed by atoms with Gasteiger partial charge in [0.2, 0.25) is 5.91 Å². The van der Waals surface area contributed by atoms with Crippen molar-refractivity contribution in [2.24, 2.45) is 0 Å². The molecule has 0 saturated heterocycles. The van der Waals surface area contributed by atoms with Gasteiger partial charge in [-0.05, 0) is 24.7 Å². The Bertz CT molecular complexity index is 525. The van der Waals surface area contributed by atoms with Crippen LogP contribution in [0.25, 0.3) is 0 Å². The van der Waals surface area contributed by atoms with Crippen molar-refractivity contribution in [1.29, 1.82) is 0 Å². The van der Waals surface area contributed by atoms with Crippen molar-refractivity contribution in [3.05, 3.63) is 23.8 Å². The molecule has 6 nitrogen and oxygen atoms in total. The third-order valence-electron chi connectivity index (χ3n) is 2.01. The molecule has 94 valence electrons. The molecule has 0 radical (unpaired) electrons. The van der Waals surface area contributed by atoms with E-state index in [1.807, 2.05) is 0 Å². The average molecular weight is 258 g/mol. The monoisotopic (exact) mass is 258 g/mol. The van der Waals surface area contributed by atoms with Gasteiger partial charge in [-0.2, -0.15) is 8.42 Å². The van der Waals surface area contributed by atoms with Gasteiger partial charge in [-0.3, -0.25) is 9.35 Å². The number of carbonyl (C=O) groups excluding carboxylic acids is 1. The zero-order chi connectivity index (χ0) is 13.1. The molecule has 0 aliphatic rings. The first-order chi connectivity index (χ1) is 7.84. The summed E-state index contributed by atoms with van der Waals surface area (Å²) in [5, 5.41) is 5.27. The van der Waals surface area contributed by atoms with Gasteiger partial charge in [-0.15, -0.1) is 0 Å². The predicted octanol–water partition coefficient (Wildman–Crippen LogP) is 0.611. The Morgan fingerprint density at radius 1 is 1.41 bits per heavy atom. The molecule has 0 fully saturated rings. The number of hydrogen-bond donors (Lipinski definition) is 3. The summed E-state index contributed by atoms with van der Waals surface area (Å²) in [5.41, 5.74) is 0.872. The van der Waals surface area contributed by atoms with Gasteiger partial charge in [0.1, 0.15) is 4.90 Å². The summed E-state index contributed by atoms with van der Waals surface area (Å²) in [4.78, 5) is 10.6. The summed E-state index contributed by atoms with van der Waals surface area (Å²) in [6.07, 6.45) is 0. The van der Waals surface area contributed by atoms with Gasteiger partial charge in [-0.1, -0.05) is 6.07 Å². The van der Waals surface area contributed by atoms with E-state index in [1.54, 1.807) is 13.1 Å². The summed E-state index contributed by atoms with van der Waals surface area (Å²) in [6, 6.07) is 4.32. The number of nitrogens with one attached hydrogen (secondary N) is 2. The predicted molar refractivity (Wildman–Crippen MR) is 63.3 cm³/mol. The second kappa shape index (κ2) is 5.26. The maximum atomic E-state index is 11.1. The van der Waals surface area contributed by atoms with Gasteiger partial charge in [0.05, 0.1) is 5.69 Å². The molecular weight excluding hydrogens is 244 g/mol. The molecular formula is C10H14N2O4S. The lowest BCUT2D eigenvalue weighted by Gasteiger charge is -2.09. The molecule has 0 aliphatic carbocycles. The lowest BCUT2D eigenvalue weighted by atomic mass is 10.2. The maximum absolute atomic E-state index is 11.1. The number of carbonyl (C=O) groups is 1. The Labute approximate surface area is 99.8 Å². The maximum Gasteiger partial charge on any atom is 0.296 e. The topological polar surface area (TPSA) is 95.5 Å². The third kappa shape index (κ3) is 3.81. The van der Waals surface area contributed by atoms with Crippen LogP contribution in [0.15, 0.2) is 23.1 Å². The molecule has 1 aromatic carbocycles. The second-order valence-corrected chi connectivity index (χ2v) is 4.91. The SMILES string of the molecule is CNCc1ccc(S(=O)(=O)O)c(NC(C)=O)c1. The van der Waals surface area contributed by atoms with Crippen LogP contribution in [0.1, 0.15) is 12.5 Å². The van der Waals surface area contributed by atoms with Gasteiger partial charge in [0.15, 0.2) is 0 Å². The van der Waals surface area contributed by atoms with Crippen LogP contribution in [0, 0.1) is 0 Å². The molecule has 0 atom stereocenters.